The number of nitrogens with zero attached hydrogens (tertiary/aromatic N) is 1. The molecule has 0 radical (unpaired) electrons. The van der Waals surface area contributed by atoms with Crippen LogP contribution in [0.4, 0.5) is 10.1 Å². The smallest absolute Gasteiger partial charge is 0.307 e. The lowest BCUT2D eigenvalue weighted by Gasteiger charge is -2.04. The normalized spacial score (nSPS) is 10.1. The molecule has 0 bridgehead atoms. The number of hydrogen-bond donors (Lipinski definition) is 1. The Morgan fingerprint density at radius 2 is 2.06 bits per heavy atom. The third-order valence-electron chi connectivity index (χ3n) is 1.90. The molecular formula is C9H7BrFNO4. The highest BCUT2D eigenvalue weighted by atomic mass is 79.9. The lowest BCUT2D eigenvalue weighted by atomic mass is 10.1. The number of carboxylic acid groups (broad SMARTS) is 1. The van der Waals surface area contributed by atoms with Crippen molar-refractivity contribution >= 4 is 27.6 Å². The van der Waals surface area contributed by atoms with Crippen molar-refractivity contribution in [3.8, 4) is 0 Å². The molecule has 0 saturated heterocycles. The molecular weight excluding hydrogens is 285 g/mol. The molecule has 1 aromatic rings. The van der Waals surface area contributed by atoms with Gasteiger partial charge in [0.25, 0.3) is 5.69 Å². The van der Waals surface area contributed by atoms with E-state index in [4.69, 9.17) is 5.11 Å². The van der Waals surface area contributed by atoms with E-state index in [2.05, 4.69) is 15.9 Å². The van der Waals surface area contributed by atoms with Gasteiger partial charge in [-0.15, -0.1) is 0 Å². The molecule has 86 valence electrons. The van der Waals surface area contributed by atoms with Crippen LogP contribution in [0.5, 0.6) is 0 Å². The number of benzene rings is 1. The molecule has 1 N–H and O–H groups in total. The van der Waals surface area contributed by atoms with Crippen LogP contribution in [0, 0.1) is 15.9 Å². The van der Waals surface area contributed by atoms with Crippen LogP contribution in [0.25, 0.3) is 0 Å². The number of halogens is 2. The zero-order valence-corrected chi connectivity index (χ0v) is 9.53. The molecule has 7 heteroatoms. The van der Waals surface area contributed by atoms with Gasteiger partial charge in [-0.1, -0.05) is 15.9 Å². The summed E-state index contributed by atoms with van der Waals surface area (Å²) in [6, 6.07) is 2.02. The van der Waals surface area contributed by atoms with Gasteiger partial charge in [0.05, 0.1) is 11.3 Å². The van der Waals surface area contributed by atoms with E-state index in [1.807, 2.05) is 0 Å². The van der Waals surface area contributed by atoms with Gasteiger partial charge in [-0.25, -0.2) is 4.39 Å². The fourth-order valence-electron chi connectivity index (χ4n) is 1.23. The van der Waals surface area contributed by atoms with E-state index in [0.717, 1.165) is 12.1 Å². The monoisotopic (exact) mass is 291 g/mol. The van der Waals surface area contributed by atoms with E-state index in [9.17, 15) is 19.3 Å². The Bertz CT molecular complexity index is 449. The first-order valence-electron chi connectivity index (χ1n) is 4.19. The highest BCUT2D eigenvalue weighted by molar-refractivity contribution is 9.08. The summed E-state index contributed by atoms with van der Waals surface area (Å²) < 4.78 is 13.6. The molecule has 0 heterocycles. The maximum atomic E-state index is 13.6. The summed E-state index contributed by atoms with van der Waals surface area (Å²) in [5.41, 5.74) is -0.422. The van der Waals surface area contributed by atoms with Crippen molar-refractivity contribution in [2.45, 2.75) is 11.8 Å². The number of carbonyl (C=O) groups is 1. The van der Waals surface area contributed by atoms with Gasteiger partial charge in [-0.2, -0.15) is 0 Å². The molecule has 0 fully saturated rings. The topological polar surface area (TPSA) is 80.4 Å². The average Bonchev–Trinajstić information content (AvgIpc) is 2.20. The standard InChI is InChI=1S/C9H7BrFNO4/c10-4-6-2-7(12(15)16)1-5(9(6)11)3-8(13)14/h1-2H,3-4H2,(H,13,14). The van der Waals surface area contributed by atoms with Crippen molar-refractivity contribution in [2.24, 2.45) is 0 Å². The van der Waals surface area contributed by atoms with Gasteiger partial charge in [0.1, 0.15) is 5.82 Å². The van der Waals surface area contributed by atoms with Gasteiger partial charge >= 0.3 is 5.97 Å². The summed E-state index contributed by atoms with van der Waals surface area (Å²) in [5.74, 6) is -1.95. The van der Waals surface area contributed by atoms with Crippen LogP contribution in [-0.2, 0) is 16.5 Å². The molecule has 0 saturated carbocycles. The van der Waals surface area contributed by atoms with Gasteiger partial charge in [0.2, 0.25) is 0 Å². The number of hydrogen-bond acceptors (Lipinski definition) is 3. The van der Waals surface area contributed by atoms with Crippen LogP contribution in [0.2, 0.25) is 0 Å². The number of non-ortho nitro benzene ring substituents is 1. The summed E-state index contributed by atoms with van der Waals surface area (Å²) in [4.78, 5) is 20.3. The SMILES string of the molecule is O=C(O)Cc1cc([N+](=O)[O-])cc(CBr)c1F. The molecule has 0 aliphatic rings. The van der Waals surface area contributed by atoms with Gasteiger partial charge in [0.15, 0.2) is 0 Å². The van der Waals surface area contributed by atoms with Crippen molar-refractivity contribution in [1.29, 1.82) is 0 Å². The summed E-state index contributed by atoms with van der Waals surface area (Å²) in [6.45, 7) is 0. The predicted octanol–water partition coefficient (Wildman–Crippen LogP) is 2.26. The fraction of sp³-hybridized carbons (Fsp3) is 0.222. The largest absolute Gasteiger partial charge is 0.481 e. The van der Waals surface area contributed by atoms with Gasteiger partial charge in [-0.05, 0) is 0 Å². The molecule has 0 atom stereocenters. The van der Waals surface area contributed by atoms with E-state index in [0.29, 0.717) is 0 Å². The first-order valence-corrected chi connectivity index (χ1v) is 5.31. The van der Waals surface area contributed by atoms with Crippen LogP contribution < -0.4 is 0 Å². The molecule has 1 aromatic carbocycles. The second-order valence-corrected chi connectivity index (χ2v) is 3.60. The minimum atomic E-state index is -1.24. The van der Waals surface area contributed by atoms with Crippen LogP contribution in [0.1, 0.15) is 11.1 Å². The minimum Gasteiger partial charge on any atom is -0.481 e. The molecule has 0 aromatic heterocycles. The zero-order valence-electron chi connectivity index (χ0n) is 7.94. The van der Waals surface area contributed by atoms with Gasteiger partial charge < -0.3 is 5.11 Å². The Morgan fingerprint density at radius 1 is 1.50 bits per heavy atom. The van der Waals surface area contributed by atoms with Gasteiger partial charge in [0, 0.05) is 28.6 Å². The quantitative estimate of drug-likeness (QED) is 0.524. The van der Waals surface area contributed by atoms with E-state index in [-0.39, 0.29) is 22.1 Å². The second kappa shape index (κ2) is 5.02. The summed E-state index contributed by atoms with van der Waals surface area (Å²) >= 11 is 2.98. The molecule has 0 aliphatic heterocycles. The maximum absolute atomic E-state index is 13.6. The summed E-state index contributed by atoms with van der Waals surface area (Å²) in [5, 5.41) is 19.2. The van der Waals surface area contributed by atoms with Crippen LogP contribution in [0.15, 0.2) is 12.1 Å². The fourth-order valence-corrected chi connectivity index (χ4v) is 1.63. The number of rotatable bonds is 4. The van der Waals surface area contributed by atoms with E-state index >= 15 is 0 Å². The number of carboxylic acids is 1. The van der Waals surface area contributed by atoms with E-state index in [1.54, 1.807) is 0 Å². The third kappa shape index (κ3) is 2.75. The second-order valence-electron chi connectivity index (χ2n) is 3.04. The van der Waals surface area contributed by atoms with Crippen molar-refractivity contribution in [2.75, 3.05) is 0 Å². The van der Waals surface area contributed by atoms with Gasteiger partial charge in [-0.3, -0.25) is 14.9 Å². The van der Waals surface area contributed by atoms with Crippen LogP contribution in [-0.4, -0.2) is 16.0 Å². The molecule has 0 unspecified atom stereocenters. The number of aliphatic carboxylic acids is 1. The first kappa shape index (κ1) is 12.6. The zero-order chi connectivity index (χ0) is 12.3. The lowest BCUT2D eigenvalue weighted by molar-refractivity contribution is -0.385. The predicted molar refractivity (Wildman–Crippen MR) is 57.0 cm³/mol. The average molecular weight is 292 g/mol. The number of alkyl halides is 1. The van der Waals surface area contributed by atoms with Crippen molar-refractivity contribution in [3.05, 3.63) is 39.2 Å². The number of nitro benzene ring substituents is 1. The summed E-state index contributed by atoms with van der Waals surface area (Å²) in [6.07, 6.45) is -0.576. The van der Waals surface area contributed by atoms with Crippen molar-refractivity contribution < 1.29 is 19.2 Å². The highest BCUT2D eigenvalue weighted by Gasteiger charge is 2.17. The van der Waals surface area contributed by atoms with Crippen LogP contribution in [0.3, 0.4) is 0 Å². The van der Waals surface area contributed by atoms with Crippen molar-refractivity contribution in [1.82, 2.24) is 0 Å². The molecule has 0 aliphatic carbocycles. The molecule has 16 heavy (non-hydrogen) atoms. The van der Waals surface area contributed by atoms with Crippen LogP contribution >= 0.6 is 15.9 Å². The molecule has 5 nitrogen and oxygen atoms in total. The highest BCUT2D eigenvalue weighted by Crippen LogP contribution is 2.23. The maximum Gasteiger partial charge on any atom is 0.307 e. The number of nitro groups is 1. The Labute approximate surface area is 98.2 Å². The first-order chi connectivity index (χ1) is 7.45. The Balaban J connectivity index is 3.29. The Morgan fingerprint density at radius 3 is 2.50 bits per heavy atom. The summed E-state index contributed by atoms with van der Waals surface area (Å²) in [7, 11) is 0. The lowest BCUT2D eigenvalue weighted by Crippen LogP contribution is -2.05. The molecule has 0 spiro atoms. The van der Waals surface area contributed by atoms with E-state index in [1.165, 1.54) is 0 Å². The Kier molecular flexibility index (Phi) is 3.94. The molecule has 0 amide bonds. The van der Waals surface area contributed by atoms with E-state index < -0.39 is 23.1 Å². The molecule has 1 rings (SSSR count). The minimum absolute atomic E-state index is 0.0745. The Hall–Kier alpha value is -1.50. The third-order valence-corrected chi connectivity index (χ3v) is 2.51. The van der Waals surface area contributed by atoms with Crippen molar-refractivity contribution in [3.63, 3.8) is 0 Å².